The molecule has 2 aromatic carbocycles. The van der Waals surface area contributed by atoms with Crippen molar-refractivity contribution in [1.29, 1.82) is 0 Å². The van der Waals surface area contributed by atoms with Crippen LogP contribution in [-0.2, 0) is 16.1 Å². The summed E-state index contributed by atoms with van der Waals surface area (Å²) in [5.41, 5.74) is 0.402. The summed E-state index contributed by atoms with van der Waals surface area (Å²) in [7, 11) is 0. The van der Waals surface area contributed by atoms with Gasteiger partial charge < -0.3 is 10.2 Å². The third-order valence-corrected chi connectivity index (χ3v) is 6.26. The van der Waals surface area contributed by atoms with Crippen molar-refractivity contribution >= 4 is 35.2 Å². The van der Waals surface area contributed by atoms with Gasteiger partial charge in [0.1, 0.15) is 11.9 Å². The molecule has 7 heteroatoms. The second-order valence-corrected chi connectivity index (χ2v) is 8.94. The molecule has 0 aliphatic rings. The molecule has 0 heterocycles. The molecule has 0 aliphatic heterocycles. The van der Waals surface area contributed by atoms with Gasteiger partial charge in [0.25, 0.3) is 0 Å². The van der Waals surface area contributed by atoms with E-state index in [9.17, 15) is 14.0 Å². The van der Waals surface area contributed by atoms with Gasteiger partial charge in [-0.05, 0) is 55.9 Å². The molecule has 0 fully saturated rings. The van der Waals surface area contributed by atoms with Gasteiger partial charge >= 0.3 is 0 Å². The number of amides is 2. The largest absolute Gasteiger partial charge is 0.354 e. The molecule has 2 aromatic rings. The van der Waals surface area contributed by atoms with Crippen LogP contribution in [0.1, 0.15) is 45.1 Å². The summed E-state index contributed by atoms with van der Waals surface area (Å²) < 4.78 is 14.2. The molecule has 4 nitrogen and oxygen atoms in total. The fourth-order valence-corrected chi connectivity index (χ4v) is 4.00. The number of nitrogens with zero attached hydrogens (tertiary/aromatic N) is 1. The highest BCUT2D eigenvalue weighted by molar-refractivity contribution is 7.99. The van der Waals surface area contributed by atoms with Crippen molar-refractivity contribution in [2.45, 2.75) is 57.0 Å². The van der Waals surface area contributed by atoms with Crippen LogP contribution in [0, 0.1) is 5.82 Å². The number of hydrogen-bond donors (Lipinski definition) is 1. The second kappa shape index (κ2) is 13.4. The van der Waals surface area contributed by atoms with Crippen LogP contribution in [0.3, 0.4) is 0 Å². The van der Waals surface area contributed by atoms with Gasteiger partial charge in [-0.25, -0.2) is 4.39 Å². The minimum atomic E-state index is -0.673. The molecule has 0 bridgehead atoms. The first kappa shape index (κ1) is 25.2. The van der Waals surface area contributed by atoms with Crippen LogP contribution in [0.15, 0.2) is 53.4 Å². The van der Waals surface area contributed by atoms with Gasteiger partial charge in [-0.3, -0.25) is 9.59 Å². The predicted molar refractivity (Wildman–Crippen MR) is 126 cm³/mol. The maximum absolute atomic E-state index is 14.2. The highest BCUT2D eigenvalue weighted by Gasteiger charge is 2.26. The van der Waals surface area contributed by atoms with E-state index in [1.54, 1.807) is 36.9 Å². The van der Waals surface area contributed by atoms with Crippen molar-refractivity contribution < 1.29 is 14.0 Å². The first-order valence-corrected chi connectivity index (χ1v) is 12.0. The second-order valence-electron chi connectivity index (χ2n) is 7.34. The van der Waals surface area contributed by atoms with Crippen LogP contribution >= 0.6 is 23.4 Å². The molecule has 31 heavy (non-hydrogen) atoms. The zero-order valence-corrected chi connectivity index (χ0v) is 19.6. The fourth-order valence-electron chi connectivity index (χ4n) is 3.02. The summed E-state index contributed by atoms with van der Waals surface area (Å²) >= 11 is 7.55. The molecule has 1 atom stereocenters. The average Bonchev–Trinajstić information content (AvgIpc) is 2.77. The standard InChI is InChI=1S/C24H30ClFN2O2S/c1-3-4-15-27-24(30)18(2)28(17-19-8-5-6-9-22(19)26)23(29)10-7-16-31-21-13-11-20(25)12-14-21/h5-6,8-9,11-14,18H,3-4,7,10,15-17H2,1-2H3,(H,27,30). The van der Waals surface area contributed by atoms with E-state index in [2.05, 4.69) is 5.32 Å². The summed E-state index contributed by atoms with van der Waals surface area (Å²) in [6.07, 6.45) is 2.80. The Bertz CT molecular complexity index is 848. The monoisotopic (exact) mass is 464 g/mol. The third kappa shape index (κ3) is 8.54. The lowest BCUT2D eigenvalue weighted by molar-refractivity contribution is -0.140. The SMILES string of the molecule is CCCCNC(=O)C(C)N(Cc1ccccc1F)C(=O)CCCSc1ccc(Cl)cc1. The number of thioether (sulfide) groups is 1. The normalized spacial score (nSPS) is 11.7. The highest BCUT2D eigenvalue weighted by atomic mass is 35.5. The lowest BCUT2D eigenvalue weighted by Gasteiger charge is -2.29. The minimum Gasteiger partial charge on any atom is -0.354 e. The molecule has 2 amide bonds. The van der Waals surface area contributed by atoms with Gasteiger partial charge in [-0.15, -0.1) is 11.8 Å². The molecule has 0 saturated heterocycles. The van der Waals surface area contributed by atoms with E-state index < -0.39 is 6.04 Å². The van der Waals surface area contributed by atoms with Crippen molar-refractivity contribution in [2.24, 2.45) is 0 Å². The number of nitrogens with one attached hydrogen (secondary N) is 1. The molecular formula is C24H30ClFN2O2S. The van der Waals surface area contributed by atoms with E-state index in [1.165, 1.54) is 11.0 Å². The van der Waals surface area contributed by atoms with Gasteiger partial charge in [0.15, 0.2) is 0 Å². The molecule has 0 aliphatic carbocycles. The quantitative estimate of drug-likeness (QED) is 0.324. The van der Waals surface area contributed by atoms with E-state index in [0.29, 0.717) is 30.0 Å². The third-order valence-electron chi connectivity index (χ3n) is 4.91. The van der Waals surface area contributed by atoms with Crippen LogP contribution < -0.4 is 5.32 Å². The average molecular weight is 465 g/mol. The van der Waals surface area contributed by atoms with Gasteiger partial charge in [0.2, 0.25) is 11.8 Å². The van der Waals surface area contributed by atoms with Crippen LogP contribution in [0.5, 0.6) is 0 Å². The number of carbonyl (C=O) groups excluding carboxylic acids is 2. The number of hydrogen-bond acceptors (Lipinski definition) is 3. The lowest BCUT2D eigenvalue weighted by atomic mass is 10.1. The Morgan fingerprint density at radius 3 is 2.52 bits per heavy atom. The van der Waals surface area contributed by atoms with Gasteiger partial charge in [-0.1, -0.05) is 43.1 Å². The van der Waals surface area contributed by atoms with Crippen molar-refractivity contribution in [2.75, 3.05) is 12.3 Å². The summed E-state index contributed by atoms with van der Waals surface area (Å²) in [5.74, 6) is 0.0156. The lowest BCUT2D eigenvalue weighted by Crippen LogP contribution is -2.47. The Hall–Kier alpha value is -2.05. The van der Waals surface area contributed by atoms with E-state index >= 15 is 0 Å². The number of halogens is 2. The van der Waals surface area contributed by atoms with Crippen molar-refractivity contribution in [1.82, 2.24) is 10.2 Å². The van der Waals surface area contributed by atoms with E-state index in [1.807, 2.05) is 31.2 Å². The maximum Gasteiger partial charge on any atom is 0.242 e. The predicted octanol–water partition coefficient (Wildman–Crippen LogP) is 5.69. The molecule has 1 N–H and O–H groups in total. The van der Waals surface area contributed by atoms with Crippen LogP contribution in [-0.4, -0.2) is 35.1 Å². The van der Waals surface area contributed by atoms with Gasteiger partial charge in [-0.2, -0.15) is 0 Å². The fraction of sp³-hybridized carbons (Fsp3) is 0.417. The zero-order valence-electron chi connectivity index (χ0n) is 18.1. The Morgan fingerprint density at radius 1 is 1.13 bits per heavy atom. The number of carbonyl (C=O) groups is 2. The molecule has 1 unspecified atom stereocenters. The number of rotatable bonds is 12. The Balaban J connectivity index is 1.98. The molecule has 0 spiro atoms. The molecule has 0 saturated carbocycles. The summed E-state index contributed by atoms with van der Waals surface area (Å²) in [6, 6.07) is 13.3. The summed E-state index contributed by atoms with van der Waals surface area (Å²) in [4.78, 5) is 28.1. The molecular weight excluding hydrogens is 435 g/mol. The summed E-state index contributed by atoms with van der Waals surface area (Å²) in [6.45, 7) is 4.38. The highest BCUT2D eigenvalue weighted by Crippen LogP contribution is 2.22. The first-order valence-electron chi connectivity index (χ1n) is 10.6. The zero-order chi connectivity index (χ0) is 22.6. The Morgan fingerprint density at radius 2 is 1.84 bits per heavy atom. The maximum atomic E-state index is 14.2. The van der Waals surface area contributed by atoms with Gasteiger partial charge in [0.05, 0.1) is 0 Å². The summed E-state index contributed by atoms with van der Waals surface area (Å²) in [5, 5.41) is 3.56. The number of unbranched alkanes of at least 4 members (excludes halogenated alkanes) is 1. The number of benzene rings is 2. The van der Waals surface area contributed by atoms with E-state index in [-0.39, 0.29) is 24.2 Å². The van der Waals surface area contributed by atoms with Gasteiger partial charge in [0, 0.05) is 35.0 Å². The Kier molecular flexibility index (Phi) is 10.9. The molecule has 0 aromatic heterocycles. The van der Waals surface area contributed by atoms with E-state index in [0.717, 1.165) is 23.5 Å². The van der Waals surface area contributed by atoms with Crippen LogP contribution in [0.2, 0.25) is 5.02 Å². The minimum absolute atomic E-state index is 0.0677. The van der Waals surface area contributed by atoms with Crippen LogP contribution in [0.4, 0.5) is 4.39 Å². The smallest absolute Gasteiger partial charge is 0.242 e. The van der Waals surface area contributed by atoms with E-state index in [4.69, 9.17) is 11.6 Å². The van der Waals surface area contributed by atoms with Crippen molar-refractivity contribution in [3.05, 3.63) is 64.9 Å². The molecule has 0 radical (unpaired) electrons. The Labute approximate surface area is 193 Å². The molecule has 168 valence electrons. The topological polar surface area (TPSA) is 49.4 Å². The van der Waals surface area contributed by atoms with Crippen LogP contribution in [0.25, 0.3) is 0 Å². The first-order chi connectivity index (χ1) is 14.9. The van der Waals surface area contributed by atoms with Crippen molar-refractivity contribution in [3.8, 4) is 0 Å². The molecule has 2 rings (SSSR count). The van der Waals surface area contributed by atoms with Crippen molar-refractivity contribution in [3.63, 3.8) is 0 Å².